The van der Waals surface area contributed by atoms with Gasteiger partial charge in [-0.15, -0.1) is 0 Å². The minimum absolute atomic E-state index is 0.132. The van der Waals surface area contributed by atoms with Crippen LogP contribution >= 0.6 is 0 Å². The molecule has 0 radical (unpaired) electrons. The van der Waals surface area contributed by atoms with E-state index < -0.39 is 16.1 Å². The van der Waals surface area contributed by atoms with E-state index in [1.807, 2.05) is 24.3 Å². The Hall–Kier alpha value is -2.38. The summed E-state index contributed by atoms with van der Waals surface area (Å²) >= 11 is 0. The monoisotopic (exact) mass is 362 g/mol. The van der Waals surface area contributed by atoms with Gasteiger partial charge in [0.2, 0.25) is 15.9 Å². The molecule has 0 aromatic heterocycles. The number of sulfonamides is 1. The zero-order valence-electron chi connectivity index (χ0n) is 14.2. The predicted octanol–water partition coefficient (Wildman–Crippen LogP) is 1.72. The van der Waals surface area contributed by atoms with Gasteiger partial charge in [0.05, 0.1) is 18.0 Å². The molecule has 25 heavy (non-hydrogen) atoms. The van der Waals surface area contributed by atoms with Crippen LogP contribution in [0.4, 0.5) is 0 Å². The SMILES string of the molecule is COc1ccc(CCNC(=O)[C@H](C)NS(=O)(=O)c2ccccc2)cc1. The molecule has 0 aliphatic heterocycles. The van der Waals surface area contributed by atoms with Gasteiger partial charge in [-0.3, -0.25) is 4.79 Å². The number of hydrogen-bond donors (Lipinski definition) is 2. The van der Waals surface area contributed by atoms with Crippen molar-refractivity contribution in [2.75, 3.05) is 13.7 Å². The Labute approximate surface area is 148 Å². The van der Waals surface area contributed by atoms with Crippen LogP contribution in [0.25, 0.3) is 0 Å². The maximum atomic E-state index is 12.2. The van der Waals surface area contributed by atoms with Gasteiger partial charge in [-0.05, 0) is 43.2 Å². The van der Waals surface area contributed by atoms with E-state index in [0.717, 1.165) is 11.3 Å². The highest BCUT2D eigenvalue weighted by Crippen LogP contribution is 2.11. The van der Waals surface area contributed by atoms with Crippen molar-refractivity contribution in [2.45, 2.75) is 24.3 Å². The number of rotatable bonds is 8. The first kappa shape index (κ1) is 19.0. The lowest BCUT2D eigenvalue weighted by Gasteiger charge is -2.14. The lowest BCUT2D eigenvalue weighted by Crippen LogP contribution is -2.45. The molecule has 0 saturated carbocycles. The van der Waals surface area contributed by atoms with Gasteiger partial charge in [0.1, 0.15) is 5.75 Å². The molecule has 6 nitrogen and oxygen atoms in total. The van der Waals surface area contributed by atoms with Crippen LogP contribution in [0.3, 0.4) is 0 Å². The van der Waals surface area contributed by atoms with Gasteiger partial charge < -0.3 is 10.1 Å². The Bertz CT molecular complexity index is 790. The highest BCUT2D eigenvalue weighted by Gasteiger charge is 2.21. The van der Waals surface area contributed by atoms with Gasteiger partial charge in [-0.25, -0.2) is 8.42 Å². The lowest BCUT2D eigenvalue weighted by molar-refractivity contribution is -0.122. The number of hydrogen-bond acceptors (Lipinski definition) is 4. The van der Waals surface area contributed by atoms with Crippen LogP contribution in [0.15, 0.2) is 59.5 Å². The normalized spacial score (nSPS) is 12.4. The first-order valence-corrected chi connectivity index (χ1v) is 9.39. The predicted molar refractivity (Wildman–Crippen MR) is 95.9 cm³/mol. The van der Waals surface area contributed by atoms with Crippen molar-refractivity contribution in [3.8, 4) is 5.75 Å². The Morgan fingerprint density at radius 3 is 2.32 bits per heavy atom. The van der Waals surface area contributed by atoms with Crippen molar-refractivity contribution in [1.82, 2.24) is 10.0 Å². The number of carbonyl (C=O) groups excluding carboxylic acids is 1. The summed E-state index contributed by atoms with van der Waals surface area (Å²) < 4.78 is 31.9. The number of ether oxygens (including phenoxy) is 1. The molecule has 0 heterocycles. The average Bonchev–Trinajstić information content (AvgIpc) is 2.62. The van der Waals surface area contributed by atoms with Crippen LogP contribution in [0.5, 0.6) is 5.75 Å². The van der Waals surface area contributed by atoms with E-state index >= 15 is 0 Å². The van der Waals surface area contributed by atoms with E-state index in [1.165, 1.54) is 19.1 Å². The summed E-state index contributed by atoms with van der Waals surface area (Å²) in [4.78, 5) is 12.2. The van der Waals surface area contributed by atoms with E-state index in [1.54, 1.807) is 25.3 Å². The summed E-state index contributed by atoms with van der Waals surface area (Å²) in [6.07, 6.45) is 0.647. The Morgan fingerprint density at radius 1 is 1.08 bits per heavy atom. The third-order valence-electron chi connectivity index (χ3n) is 3.65. The van der Waals surface area contributed by atoms with Crippen molar-refractivity contribution < 1.29 is 17.9 Å². The van der Waals surface area contributed by atoms with Crippen molar-refractivity contribution in [1.29, 1.82) is 0 Å². The second-order valence-corrected chi connectivity index (χ2v) is 7.26. The van der Waals surface area contributed by atoms with Crippen LogP contribution < -0.4 is 14.8 Å². The third kappa shape index (κ3) is 5.58. The van der Waals surface area contributed by atoms with E-state index in [9.17, 15) is 13.2 Å². The summed E-state index contributed by atoms with van der Waals surface area (Å²) in [5, 5.41) is 2.74. The number of amides is 1. The molecule has 2 aromatic rings. The average molecular weight is 362 g/mol. The van der Waals surface area contributed by atoms with Crippen molar-refractivity contribution in [2.24, 2.45) is 0 Å². The second kappa shape index (κ2) is 8.64. The number of benzene rings is 2. The molecular formula is C18H22N2O4S. The largest absolute Gasteiger partial charge is 0.497 e. The van der Waals surface area contributed by atoms with Crippen LogP contribution in [0.1, 0.15) is 12.5 Å². The van der Waals surface area contributed by atoms with Gasteiger partial charge >= 0.3 is 0 Å². The highest BCUT2D eigenvalue weighted by molar-refractivity contribution is 7.89. The molecule has 0 fully saturated rings. The van der Waals surface area contributed by atoms with Crippen molar-refractivity contribution >= 4 is 15.9 Å². The number of carbonyl (C=O) groups is 1. The zero-order valence-corrected chi connectivity index (χ0v) is 15.0. The van der Waals surface area contributed by atoms with Crippen LogP contribution in [0, 0.1) is 0 Å². The Balaban J connectivity index is 1.83. The minimum Gasteiger partial charge on any atom is -0.497 e. The molecule has 7 heteroatoms. The van der Waals surface area contributed by atoms with Crippen molar-refractivity contribution in [3.05, 3.63) is 60.2 Å². The van der Waals surface area contributed by atoms with Gasteiger partial charge in [-0.2, -0.15) is 4.72 Å². The molecule has 2 N–H and O–H groups in total. The first-order valence-electron chi connectivity index (χ1n) is 7.90. The first-order chi connectivity index (χ1) is 11.9. The molecule has 0 aliphatic carbocycles. The molecule has 0 unspecified atom stereocenters. The Kier molecular flexibility index (Phi) is 6.55. The summed E-state index contributed by atoms with van der Waals surface area (Å²) in [7, 11) is -2.11. The summed E-state index contributed by atoms with van der Waals surface area (Å²) in [5.74, 6) is 0.407. The quantitative estimate of drug-likeness (QED) is 0.749. The fourth-order valence-corrected chi connectivity index (χ4v) is 3.45. The fraction of sp³-hybridized carbons (Fsp3) is 0.278. The minimum atomic E-state index is -3.71. The van der Waals surface area contributed by atoms with Crippen LogP contribution in [0.2, 0.25) is 0 Å². The molecule has 2 aromatic carbocycles. The van der Waals surface area contributed by atoms with Gasteiger partial charge in [0.25, 0.3) is 0 Å². The Morgan fingerprint density at radius 2 is 1.72 bits per heavy atom. The maximum absolute atomic E-state index is 12.2. The standard InChI is InChI=1S/C18H22N2O4S/c1-14(20-25(22,23)17-6-4-3-5-7-17)18(21)19-13-12-15-8-10-16(24-2)11-9-15/h3-11,14,20H,12-13H2,1-2H3,(H,19,21)/t14-/m0/s1. The maximum Gasteiger partial charge on any atom is 0.241 e. The van der Waals surface area contributed by atoms with E-state index in [0.29, 0.717) is 13.0 Å². The molecule has 2 rings (SSSR count). The summed E-state index contributed by atoms with van der Waals surface area (Å²) in [6.45, 7) is 1.94. The smallest absolute Gasteiger partial charge is 0.241 e. The van der Waals surface area contributed by atoms with Gasteiger partial charge in [0, 0.05) is 6.54 Å². The second-order valence-electron chi connectivity index (χ2n) is 5.55. The molecule has 0 aliphatic rings. The van der Waals surface area contributed by atoms with Gasteiger partial charge in [0.15, 0.2) is 0 Å². The summed E-state index contributed by atoms with van der Waals surface area (Å²) in [5.41, 5.74) is 1.05. The van der Waals surface area contributed by atoms with E-state index in [4.69, 9.17) is 4.74 Å². The summed E-state index contributed by atoms with van der Waals surface area (Å²) in [6, 6.07) is 14.7. The molecule has 134 valence electrons. The molecular weight excluding hydrogens is 340 g/mol. The highest BCUT2D eigenvalue weighted by atomic mass is 32.2. The number of methoxy groups -OCH3 is 1. The zero-order chi connectivity index (χ0) is 18.3. The van der Waals surface area contributed by atoms with Crippen LogP contribution in [-0.4, -0.2) is 34.0 Å². The topological polar surface area (TPSA) is 84.5 Å². The fourth-order valence-electron chi connectivity index (χ4n) is 2.23. The molecule has 0 spiro atoms. The van der Waals surface area contributed by atoms with E-state index in [2.05, 4.69) is 10.0 Å². The molecule has 0 saturated heterocycles. The molecule has 1 atom stereocenters. The van der Waals surface area contributed by atoms with E-state index in [-0.39, 0.29) is 10.8 Å². The number of nitrogens with one attached hydrogen (secondary N) is 2. The van der Waals surface area contributed by atoms with Gasteiger partial charge in [-0.1, -0.05) is 30.3 Å². The molecule has 1 amide bonds. The van der Waals surface area contributed by atoms with Crippen LogP contribution in [-0.2, 0) is 21.2 Å². The lowest BCUT2D eigenvalue weighted by atomic mass is 10.1. The van der Waals surface area contributed by atoms with Crippen molar-refractivity contribution in [3.63, 3.8) is 0 Å². The third-order valence-corrected chi connectivity index (χ3v) is 5.21. The molecule has 0 bridgehead atoms.